The smallest absolute Gasteiger partial charge is 0.222 e. The number of hydrogen-bond acceptors (Lipinski definition) is 3. The van der Waals surface area contributed by atoms with E-state index in [9.17, 15) is 4.79 Å². The molecular formula is C18H22N2OS. The first-order valence-corrected chi connectivity index (χ1v) is 8.88. The second-order valence-electron chi connectivity index (χ2n) is 5.99. The zero-order chi connectivity index (χ0) is 15.2. The minimum Gasteiger partial charge on any atom is -0.342 e. The van der Waals surface area contributed by atoms with E-state index in [1.54, 1.807) is 11.3 Å². The van der Waals surface area contributed by atoms with Crippen LogP contribution in [0.3, 0.4) is 0 Å². The highest BCUT2D eigenvalue weighted by atomic mass is 32.1. The molecule has 3 nitrogen and oxygen atoms in total. The number of pyridine rings is 1. The summed E-state index contributed by atoms with van der Waals surface area (Å²) in [6.07, 6.45) is 8.63. The van der Waals surface area contributed by atoms with E-state index in [0.29, 0.717) is 18.2 Å². The fourth-order valence-corrected chi connectivity index (χ4v) is 3.86. The number of aromatic nitrogens is 1. The maximum absolute atomic E-state index is 12.4. The minimum absolute atomic E-state index is 0.310. The summed E-state index contributed by atoms with van der Waals surface area (Å²) in [6.45, 7) is 1.82. The summed E-state index contributed by atoms with van der Waals surface area (Å²) < 4.78 is 0. The van der Waals surface area contributed by atoms with E-state index < -0.39 is 0 Å². The number of nitrogens with zero attached hydrogens (tertiary/aromatic N) is 2. The van der Waals surface area contributed by atoms with Crippen LogP contribution in [0.2, 0.25) is 0 Å². The van der Waals surface area contributed by atoms with Crippen LogP contribution in [-0.4, -0.2) is 28.9 Å². The molecule has 3 rings (SSSR count). The summed E-state index contributed by atoms with van der Waals surface area (Å²) in [5, 5.41) is 2.07. The van der Waals surface area contributed by atoms with E-state index in [0.717, 1.165) is 32.4 Å². The van der Waals surface area contributed by atoms with Gasteiger partial charge in [-0.1, -0.05) is 12.1 Å². The van der Waals surface area contributed by atoms with Crippen molar-refractivity contribution in [2.24, 2.45) is 5.92 Å². The van der Waals surface area contributed by atoms with E-state index in [4.69, 9.17) is 0 Å². The van der Waals surface area contributed by atoms with Crippen LogP contribution in [-0.2, 0) is 17.6 Å². The molecule has 0 unspecified atom stereocenters. The second-order valence-corrected chi connectivity index (χ2v) is 7.03. The van der Waals surface area contributed by atoms with Crippen molar-refractivity contribution in [3.63, 3.8) is 0 Å². The highest BCUT2D eigenvalue weighted by molar-refractivity contribution is 7.09. The van der Waals surface area contributed by atoms with Crippen LogP contribution >= 0.6 is 11.3 Å². The molecule has 1 aliphatic heterocycles. The van der Waals surface area contributed by atoms with Gasteiger partial charge in [0.05, 0.1) is 0 Å². The standard InChI is InChI=1S/C18H22N2OS/c21-18(8-7-17-6-3-11-22-17)20-10-2-5-16(14-20)12-15-4-1-9-19-13-15/h1,3-4,6,9,11,13,16H,2,5,7-8,10,12,14H2/t16-/m1/s1. The maximum atomic E-state index is 12.4. The summed E-state index contributed by atoms with van der Waals surface area (Å²) in [5.74, 6) is 0.882. The van der Waals surface area contributed by atoms with Crippen LogP contribution in [0.4, 0.5) is 0 Å². The zero-order valence-electron chi connectivity index (χ0n) is 12.8. The van der Waals surface area contributed by atoms with Gasteiger partial charge in [0.25, 0.3) is 0 Å². The summed E-state index contributed by atoms with van der Waals surface area (Å²) >= 11 is 1.74. The van der Waals surface area contributed by atoms with Gasteiger partial charge in [0, 0.05) is 36.8 Å². The Labute approximate surface area is 136 Å². The third-order valence-electron chi connectivity index (χ3n) is 4.28. The van der Waals surface area contributed by atoms with Crippen molar-refractivity contribution in [2.75, 3.05) is 13.1 Å². The number of piperidine rings is 1. The average Bonchev–Trinajstić information content (AvgIpc) is 3.07. The zero-order valence-corrected chi connectivity index (χ0v) is 13.6. The van der Waals surface area contributed by atoms with Crippen LogP contribution in [0.25, 0.3) is 0 Å². The number of aryl methyl sites for hydroxylation is 1. The van der Waals surface area contributed by atoms with E-state index in [2.05, 4.69) is 33.5 Å². The van der Waals surface area contributed by atoms with Gasteiger partial charge in [0.15, 0.2) is 0 Å². The van der Waals surface area contributed by atoms with Crippen molar-refractivity contribution < 1.29 is 4.79 Å². The van der Waals surface area contributed by atoms with Crippen LogP contribution < -0.4 is 0 Å². The Morgan fingerprint density at radius 1 is 1.36 bits per heavy atom. The van der Waals surface area contributed by atoms with Crippen molar-refractivity contribution in [3.8, 4) is 0 Å². The Balaban J connectivity index is 1.50. The fraction of sp³-hybridized carbons (Fsp3) is 0.444. The molecule has 3 heterocycles. The molecule has 0 aliphatic carbocycles. The van der Waals surface area contributed by atoms with Crippen LogP contribution in [0.1, 0.15) is 29.7 Å². The lowest BCUT2D eigenvalue weighted by atomic mass is 9.91. The molecule has 22 heavy (non-hydrogen) atoms. The molecule has 0 bridgehead atoms. The van der Waals surface area contributed by atoms with Gasteiger partial charge in [0.1, 0.15) is 0 Å². The molecule has 4 heteroatoms. The molecule has 1 aliphatic rings. The second kappa shape index (κ2) is 7.54. The number of carbonyl (C=O) groups is 1. The topological polar surface area (TPSA) is 33.2 Å². The van der Waals surface area contributed by atoms with Crippen LogP contribution in [0.15, 0.2) is 42.0 Å². The average molecular weight is 314 g/mol. The highest BCUT2D eigenvalue weighted by Crippen LogP contribution is 2.21. The quantitative estimate of drug-likeness (QED) is 0.845. The summed E-state index contributed by atoms with van der Waals surface area (Å²) in [7, 11) is 0. The number of carbonyl (C=O) groups excluding carboxylic acids is 1. The van der Waals surface area contributed by atoms with Gasteiger partial charge in [-0.3, -0.25) is 9.78 Å². The van der Waals surface area contributed by atoms with Gasteiger partial charge in [-0.25, -0.2) is 0 Å². The molecule has 0 N–H and O–H groups in total. The third kappa shape index (κ3) is 4.17. The summed E-state index contributed by atoms with van der Waals surface area (Å²) in [6, 6.07) is 8.28. The molecule has 1 saturated heterocycles. The van der Waals surface area contributed by atoms with Gasteiger partial charge >= 0.3 is 0 Å². The molecule has 1 fully saturated rings. The van der Waals surface area contributed by atoms with Gasteiger partial charge in [-0.15, -0.1) is 11.3 Å². The third-order valence-corrected chi connectivity index (χ3v) is 5.22. The number of rotatable bonds is 5. The fourth-order valence-electron chi connectivity index (χ4n) is 3.15. The molecular weight excluding hydrogens is 292 g/mol. The lowest BCUT2D eigenvalue weighted by molar-refractivity contribution is -0.132. The molecule has 0 saturated carbocycles. The number of hydrogen-bond donors (Lipinski definition) is 0. The molecule has 2 aromatic rings. The molecule has 1 amide bonds. The minimum atomic E-state index is 0.310. The molecule has 116 valence electrons. The first-order chi connectivity index (χ1) is 10.8. The van der Waals surface area contributed by atoms with Gasteiger partial charge < -0.3 is 4.90 Å². The molecule has 1 atom stereocenters. The summed E-state index contributed by atoms with van der Waals surface area (Å²) in [4.78, 5) is 20.0. The van der Waals surface area contributed by atoms with Gasteiger partial charge in [0.2, 0.25) is 5.91 Å². The molecule has 0 spiro atoms. The number of thiophene rings is 1. The van der Waals surface area contributed by atoms with E-state index in [1.807, 2.05) is 18.5 Å². The lowest BCUT2D eigenvalue weighted by Gasteiger charge is -2.33. The first kappa shape index (κ1) is 15.2. The SMILES string of the molecule is O=C(CCc1cccs1)N1CCC[C@H](Cc2cccnc2)C1. The Morgan fingerprint density at radius 2 is 2.32 bits per heavy atom. The predicted molar refractivity (Wildman–Crippen MR) is 89.9 cm³/mol. The number of amides is 1. The van der Waals surface area contributed by atoms with Crippen molar-refractivity contribution in [1.29, 1.82) is 0 Å². The van der Waals surface area contributed by atoms with Crippen molar-refractivity contribution in [1.82, 2.24) is 9.88 Å². The Hall–Kier alpha value is -1.68. The van der Waals surface area contributed by atoms with Gasteiger partial charge in [-0.05, 0) is 54.7 Å². The molecule has 0 radical (unpaired) electrons. The van der Waals surface area contributed by atoms with Crippen LogP contribution in [0, 0.1) is 5.92 Å². The predicted octanol–water partition coefficient (Wildman–Crippen LogP) is 3.56. The maximum Gasteiger partial charge on any atom is 0.222 e. The van der Waals surface area contributed by atoms with Crippen molar-refractivity contribution >= 4 is 17.2 Å². The summed E-state index contributed by atoms with van der Waals surface area (Å²) in [5.41, 5.74) is 1.28. The van der Waals surface area contributed by atoms with E-state index in [-0.39, 0.29) is 0 Å². The Morgan fingerprint density at radius 3 is 3.09 bits per heavy atom. The van der Waals surface area contributed by atoms with E-state index in [1.165, 1.54) is 16.9 Å². The Kier molecular flexibility index (Phi) is 5.22. The van der Waals surface area contributed by atoms with Crippen molar-refractivity contribution in [2.45, 2.75) is 32.1 Å². The molecule has 2 aromatic heterocycles. The van der Waals surface area contributed by atoms with E-state index >= 15 is 0 Å². The van der Waals surface area contributed by atoms with Gasteiger partial charge in [-0.2, -0.15) is 0 Å². The lowest BCUT2D eigenvalue weighted by Crippen LogP contribution is -2.40. The monoisotopic (exact) mass is 314 g/mol. The largest absolute Gasteiger partial charge is 0.342 e. The Bertz CT molecular complexity index is 582. The normalized spacial score (nSPS) is 18.4. The van der Waals surface area contributed by atoms with Crippen LogP contribution in [0.5, 0.6) is 0 Å². The number of likely N-dealkylation sites (tertiary alicyclic amines) is 1. The highest BCUT2D eigenvalue weighted by Gasteiger charge is 2.23. The molecule has 0 aromatic carbocycles. The van der Waals surface area contributed by atoms with Crippen molar-refractivity contribution in [3.05, 3.63) is 52.5 Å². The first-order valence-electron chi connectivity index (χ1n) is 8.00.